The first-order chi connectivity index (χ1) is 32.8. The molecule has 4 aliphatic rings. The molecule has 2 bridgehead atoms. The highest BCUT2D eigenvalue weighted by Gasteiger charge is 2.51. The van der Waals surface area contributed by atoms with Gasteiger partial charge in [-0.15, -0.1) is 0 Å². The lowest BCUT2D eigenvalue weighted by atomic mass is 9.78. The molecule has 3 aliphatic heterocycles. The van der Waals surface area contributed by atoms with Crippen LogP contribution in [0, 0.1) is 35.5 Å². The molecule has 14 nitrogen and oxygen atoms in total. The molecular weight excluding hydrogens is 883 g/mol. The number of piperidine rings is 1. The maximum atomic E-state index is 14.6. The molecule has 0 radical (unpaired) electrons. The van der Waals surface area contributed by atoms with Gasteiger partial charge in [0.2, 0.25) is 0 Å². The molecule has 14 heteroatoms. The summed E-state index contributed by atoms with van der Waals surface area (Å²) in [6.45, 7) is 15.5. The fourth-order valence-electron chi connectivity index (χ4n) is 11.0. The Kier molecular flexibility index (Phi) is 23.6. The van der Waals surface area contributed by atoms with E-state index in [2.05, 4.69) is 13.0 Å². The van der Waals surface area contributed by atoms with Gasteiger partial charge in [0.25, 0.3) is 11.7 Å². The Labute approximate surface area is 413 Å². The second-order valence-corrected chi connectivity index (χ2v) is 20.8. The van der Waals surface area contributed by atoms with Gasteiger partial charge in [0.15, 0.2) is 5.78 Å². The summed E-state index contributed by atoms with van der Waals surface area (Å²) in [5, 5.41) is 9.38. The first-order valence-electron chi connectivity index (χ1n) is 25.7. The standard InChI is InChI=1S/C55H87NO13/c1-34-18-14-13-15-19-35(2)46(63-9)32-42-23-21-40(7)55(8,69-42)52(60)53(61)56-25-17-16-20-43(56)54(62)68-47(37(4)30-41-22-24-45(67-27-26-57)48(31-41)64-10)33-44(58)36(3)29-39(6)50(65-11)51(66-12)49(59)38(5)28-34/h13-15,18-19,29,34,36-38,40-43,45-48,50-51,57H,16-17,20-28,30-33H2,1-12H3/b15-13+,18-14+,35-19+,39-29+/t34-,36-,37-,38-,40-,41+,42+,43+,45-,46+,47+,48-,50-,51+,55-/m1/s1. The van der Waals surface area contributed by atoms with E-state index in [1.54, 1.807) is 34.1 Å². The molecule has 0 unspecified atom stereocenters. The van der Waals surface area contributed by atoms with E-state index in [0.29, 0.717) is 63.4 Å². The smallest absolute Gasteiger partial charge is 0.329 e. The Hall–Kier alpha value is -3.37. The Morgan fingerprint density at radius 3 is 2.20 bits per heavy atom. The highest BCUT2D eigenvalue weighted by Crippen LogP contribution is 2.39. The van der Waals surface area contributed by atoms with Gasteiger partial charge in [0, 0.05) is 59.7 Å². The Bertz CT molecular complexity index is 1820. The number of carbonyl (C=O) groups is 5. The number of methoxy groups -OCH3 is 4. The number of carbonyl (C=O) groups excluding carboxylic acids is 5. The molecule has 0 aromatic heterocycles. The number of aliphatic hydroxyl groups excluding tert-OH is 1. The first-order valence-corrected chi connectivity index (χ1v) is 25.7. The number of ketones is 3. The van der Waals surface area contributed by atoms with E-state index in [1.165, 1.54) is 19.1 Å². The molecule has 1 aliphatic carbocycles. The van der Waals surface area contributed by atoms with Gasteiger partial charge in [0.05, 0.1) is 37.6 Å². The van der Waals surface area contributed by atoms with Crippen LogP contribution in [0.5, 0.6) is 0 Å². The number of hydrogen-bond acceptors (Lipinski definition) is 13. The topological polar surface area (TPSA) is 173 Å². The van der Waals surface area contributed by atoms with Crippen LogP contribution in [0.15, 0.2) is 47.6 Å². The van der Waals surface area contributed by atoms with Crippen LogP contribution in [-0.2, 0) is 57.1 Å². The molecule has 2 saturated heterocycles. The number of aliphatic hydroxyl groups is 1. The van der Waals surface area contributed by atoms with Crippen LogP contribution in [0.3, 0.4) is 0 Å². The van der Waals surface area contributed by atoms with Gasteiger partial charge in [-0.2, -0.15) is 0 Å². The minimum absolute atomic E-state index is 0.0779. The van der Waals surface area contributed by atoms with Crippen molar-refractivity contribution in [1.29, 1.82) is 0 Å². The van der Waals surface area contributed by atoms with Crippen molar-refractivity contribution in [2.75, 3.05) is 48.2 Å². The predicted octanol–water partition coefficient (Wildman–Crippen LogP) is 7.92. The molecule has 3 fully saturated rings. The van der Waals surface area contributed by atoms with Gasteiger partial charge in [-0.3, -0.25) is 19.2 Å². The van der Waals surface area contributed by atoms with Gasteiger partial charge in [-0.25, -0.2) is 4.79 Å². The van der Waals surface area contributed by atoms with Crippen molar-refractivity contribution in [2.45, 2.75) is 187 Å². The zero-order valence-electron chi connectivity index (χ0n) is 43.9. The highest BCUT2D eigenvalue weighted by molar-refractivity contribution is 6.39. The Morgan fingerprint density at radius 1 is 0.812 bits per heavy atom. The number of fused-ring (bicyclic) bond motifs is 3. The minimum atomic E-state index is -1.43. The number of amides is 1. The number of allylic oxidation sites excluding steroid dienone is 6. The van der Waals surface area contributed by atoms with Gasteiger partial charge in [-0.1, -0.05) is 71.1 Å². The number of ether oxygens (including phenoxy) is 7. The van der Waals surface area contributed by atoms with E-state index in [1.807, 2.05) is 58.9 Å². The number of nitrogens with zero attached hydrogens (tertiary/aromatic N) is 1. The average Bonchev–Trinajstić information content (AvgIpc) is 3.33. The van der Waals surface area contributed by atoms with Crippen LogP contribution in [-0.4, -0.2) is 142 Å². The molecule has 1 N–H and O–H groups in total. The van der Waals surface area contributed by atoms with E-state index >= 15 is 0 Å². The lowest BCUT2D eigenvalue weighted by Crippen LogP contribution is -2.59. The molecule has 0 spiro atoms. The van der Waals surface area contributed by atoms with Crippen LogP contribution in [0.4, 0.5) is 0 Å². The fourth-order valence-corrected chi connectivity index (χ4v) is 11.0. The number of esters is 1. The van der Waals surface area contributed by atoms with Crippen molar-refractivity contribution < 1.29 is 62.2 Å². The van der Waals surface area contributed by atoms with Gasteiger partial charge in [-0.05, 0) is 120 Å². The first kappa shape index (κ1) is 58.2. The lowest BCUT2D eigenvalue weighted by molar-refractivity contribution is -0.184. The van der Waals surface area contributed by atoms with Crippen LogP contribution in [0.25, 0.3) is 0 Å². The average molecular weight is 970 g/mol. The summed E-state index contributed by atoms with van der Waals surface area (Å²) in [5.74, 6) is -3.62. The zero-order valence-corrected chi connectivity index (χ0v) is 43.9. The zero-order chi connectivity index (χ0) is 51.0. The summed E-state index contributed by atoms with van der Waals surface area (Å²) in [6, 6.07) is -1.02. The summed E-state index contributed by atoms with van der Waals surface area (Å²) >= 11 is 0. The van der Waals surface area contributed by atoms with Crippen LogP contribution in [0.2, 0.25) is 0 Å². The summed E-state index contributed by atoms with van der Waals surface area (Å²) < 4.78 is 42.4. The molecule has 3 heterocycles. The molecule has 0 aromatic rings. The number of Topliss-reactive ketones (excluding diaryl/α,β-unsaturated/α-hetero) is 3. The summed E-state index contributed by atoms with van der Waals surface area (Å²) in [6.07, 6.45) is 15.0. The number of rotatable bonds is 10. The summed E-state index contributed by atoms with van der Waals surface area (Å²) in [7, 11) is 6.32. The van der Waals surface area contributed by atoms with Crippen LogP contribution >= 0.6 is 0 Å². The fraction of sp³-hybridized carbons (Fsp3) is 0.764. The van der Waals surface area contributed by atoms with E-state index in [9.17, 15) is 29.1 Å². The molecule has 69 heavy (non-hydrogen) atoms. The SMILES string of the molecule is CO[C@H]1C[C@@H]2CC[C@@H](C)[C@@](C)(O2)C(=O)C(=O)N2CCCC[C@H]2C(=O)O[C@H]([C@H](C)C[C@@H]2CC[C@@H](OCCO)[C@H](OC)C2)CC(=O)[C@H](C)/C=C(\C)[C@@H](OC)[C@@H](OC)C(=O)[C@H](C)C[C@H](C)/C=C/C=C/C=C/1C. The van der Waals surface area contributed by atoms with Gasteiger partial charge >= 0.3 is 5.97 Å². The summed E-state index contributed by atoms with van der Waals surface area (Å²) in [4.78, 5) is 73.3. The van der Waals surface area contributed by atoms with Crippen molar-refractivity contribution in [3.05, 3.63) is 47.6 Å². The molecule has 4 rings (SSSR count). The largest absolute Gasteiger partial charge is 0.460 e. The second-order valence-electron chi connectivity index (χ2n) is 20.8. The molecule has 15 atom stereocenters. The third-order valence-electron chi connectivity index (χ3n) is 15.6. The van der Waals surface area contributed by atoms with E-state index in [4.69, 9.17) is 33.2 Å². The van der Waals surface area contributed by atoms with Gasteiger partial charge in [0.1, 0.15) is 35.7 Å². The monoisotopic (exact) mass is 970 g/mol. The maximum Gasteiger partial charge on any atom is 0.329 e. The van der Waals surface area contributed by atoms with Crippen molar-refractivity contribution in [1.82, 2.24) is 4.90 Å². The van der Waals surface area contributed by atoms with Crippen molar-refractivity contribution in [3.8, 4) is 0 Å². The maximum absolute atomic E-state index is 14.6. The highest BCUT2D eigenvalue weighted by atomic mass is 16.6. The van der Waals surface area contributed by atoms with E-state index < -0.39 is 53.5 Å². The normalized spacial score (nSPS) is 38.8. The molecule has 1 saturated carbocycles. The number of cyclic esters (lactones) is 1. The third kappa shape index (κ3) is 15.8. The van der Waals surface area contributed by atoms with Crippen molar-refractivity contribution in [2.24, 2.45) is 35.5 Å². The predicted molar refractivity (Wildman–Crippen MR) is 264 cm³/mol. The summed E-state index contributed by atoms with van der Waals surface area (Å²) in [5.41, 5.74) is 0.211. The second kappa shape index (κ2) is 28.0. The Morgan fingerprint density at radius 2 is 1.54 bits per heavy atom. The van der Waals surface area contributed by atoms with E-state index in [-0.39, 0.29) is 91.8 Å². The quantitative estimate of drug-likeness (QED) is 0.127. The third-order valence-corrected chi connectivity index (χ3v) is 15.6. The van der Waals surface area contributed by atoms with Crippen molar-refractivity contribution >= 4 is 29.2 Å². The Balaban J connectivity index is 1.71. The number of hydrogen-bond donors (Lipinski definition) is 1. The molecule has 0 aromatic carbocycles. The van der Waals surface area contributed by atoms with Crippen LogP contribution in [0.1, 0.15) is 132 Å². The molecule has 1 amide bonds. The minimum Gasteiger partial charge on any atom is -0.460 e. The molecular formula is C55H87NO13. The van der Waals surface area contributed by atoms with E-state index in [0.717, 1.165) is 18.4 Å². The lowest BCUT2D eigenvalue weighted by Gasteiger charge is -2.44. The van der Waals surface area contributed by atoms with Crippen molar-refractivity contribution in [3.63, 3.8) is 0 Å². The molecule has 390 valence electrons. The van der Waals surface area contributed by atoms with Gasteiger partial charge < -0.3 is 43.2 Å². The van der Waals surface area contributed by atoms with Crippen LogP contribution < -0.4 is 0 Å².